The normalized spacial score (nSPS) is 22.9. The summed E-state index contributed by atoms with van der Waals surface area (Å²) >= 11 is 0. The third-order valence-electron chi connectivity index (χ3n) is 6.51. The van der Waals surface area contributed by atoms with Crippen molar-refractivity contribution >= 4 is 21.7 Å². The van der Waals surface area contributed by atoms with E-state index in [4.69, 9.17) is 4.74 Å². The molecule has 3 heterocycles. The van der Waals surface area contributed by atoms with Gasteiger partial charge in [-0.2, -0.15) is 0 Å². The quantitative estimate of drug-likeness (QED) is 0.793. The Morgan fingerprint density at radius 1 is 1.18 bits per heavy atom. The van der Waals surface area contributed by atoms with Crippen molar-refractivity contribution in [1.29, 1.82) is 0 Å². The summed E-state index contributed by atoms with van der Waals surface area (Å²) in [6.07, 6.45) is 8.52. The van der Waals surface area contributed by atoms with Crippen molar-refractivity contribution in [2.45, 2.75) is 51.2 Å². The molecule has 0 N–H and O–H groups in total. The van der Waals surface area contributed by atoms with Crippen molar-refractivity contribution in [1.82, 2.24) is 14.8 Å². The molecule has 2 aliphatic heterocycles. The highest BCUT2D eigenvalue weighted by atomic mass is 32.2. The molecule has 0 radical (unpaired) electrons. The summed E-state index contributed by atoms with van der Waals surface area (Å²) in [6, 6.07) is 7.18. The van der Waals surface area contributed by atoms with Crippen LogP contribution in [0.3, 0.4) is 0 Å². The Bertz CT molecular complexity index is 871. The number of hydrogen-bond acceptors (Lipinski definition) is 5. The molecular formula is C22H29N3O2S. The van der Waals surface area contributed by atoms with E-state index in [1.165, 1.54) is 48.6 Å². The molecule has 28 heavy (non-hydrogen) atoms. The van der Waals surface area contributed by atoms with E-state index in [0.29, 0.717) is 12.8 Å². The molecule has 1 aromatic carbocycles. The number of ether oxygens (including phenoxy) is 1. The van der Waals surface area contributed by atoms with Gasteiger partial charge in [0.1, 0.15) is 12.2 Å². The third-order valence-corrected chi connectivity index (χ3v) is 7.79. The van der Waals surface area contributed by atoms with Crippen LogP contribution in [0.1, 0.15) is 43.2 Å². The van der Waals surface area contributed by atoms with Crippen molar-refractivity contribution in [3.8, 4) is 5.75 Å². The lowest BCUT2D eigenvalue weighted by atomic mass is 9.93. The molecule has 150 valence electrons. The fraction of sp³-hybridized carbons (Fsp3) is 0.591. The first-order valence-corrected chi connectivity index (χ1v) is 12.1. The molecule has 0 atom stereocenters. The zero-order valence-electron chi connectivity index (χ0n) is 16.4. The Morgan fingerprint density at radius 3 is 2.82 bits per heavy atom. The minimum Gasteiger partial charge on any atom is -0.475 e. The van der Waals surface area contributed by atoms with E-state index in [-0.39, 0.29) is 0 Å². The Balaban J connectivity index is 1.45. The Hall–Kier alpha value is -1.50. The lowest BCUT2D eigenvalue weighted by molar-refractivity contribution is 0.0413. The van der Waals surface area contributed by atoms with Crippen LogP contribution in [0.5, 0.6) is 5.75 Å². The van der Waals surface area contributed by atoms with Gasteiger partial charge in [-0.1, -0.05) is 25.3 Å². The van der Waals surface area contributed by atoms with E-state index in [1.54, 1.807) is 0 Å². The second-order valence-corrected chi connectivity index (χ2v) is 10.1. The maximum atomic E-state index is 11.7. The van der Waals surface area contributed by atoms with Crippen LogP contribution in [0.2, 0.25) is 0 Å². The van der Waals surface area contributed by atoms with Crippen LogP contribution < -0.4 is 4.74 Å². The van der Waals surface area contributed by atoms with Gasteiger partial charge in [0.2, 0.25) is 0 Å². The summed E-state index contributed by atoms with van der Waals surface area (Å²) in [4.78, 5) is 9.63. The van der Waals surface area contributed by atoms with Gasteiger partial charge in [0.25, 0.3) is 0 Å². The lowest BCUT2D eigenvalue weighted by Crippen LogP contribution is -2.41. The van der Waals surface area contributed by atoms with Gasteiger partial charge < -0.3 is 4.74 Å². The van der Waals surface area contributed by atoms with Gasteiger partial charge in [0.05, 0.1) is 0 Å². The topological polar surface area (TPSA) is 45.7 Å². The lowest BCUT2D eigenvalue weighted by Gasteiger charge is -2.38. The fourth-order valence-corrected chi connectivity index (χ4v) is 6.06. The number of aromatic nitrogens is 1. The van der Waals surface area contributed by atoms with Gasteiger partial charge >= 0.3 is 0 Å². The number of pyridine rings is 1. The first-order chi connectivity index (χ1) is 13.8. The van der Waals surface area contributed by atoms with Crippen LogP contribution >= 0.6 is 0 Å². The maximum Gasteiger partial charge on any atom is 0.152 e. The molecule has 0 amide bonds. The number of hydrogen-bond donors (Lipinski definition) is 0. The minimum atomic E-state index is -0.636. The Kier molecular flexibility index (Phi) is 5.35. The zero-order chi connectivity index (χ0) is 18.9. The third kappa shape index (κ3) is 3.70. The van der Waals surface area contributed by atoms with Gasteiger partial charge in [-0.3, -0.25) is 19.0 Å². The fourth-order valence-electron chi connectivity index (χ4n) is 4.93. The number of benzene rings is 1. The highest BCUT2D eigenvalue weighted by molar-refractivity contribution is 7.85. The van der Waals surface area contributed by atoms with Crippen molar-refractivity contribution < 1.29 is 8.95 Å². The molecule has 1 aliphatic carbocycles. The van der Waals surface area contributed by atoms with Gasteiger partial charge in [0.15, 0.2) is 5.75 Å². The summed E-state index contributed by atoms with van der Waals surface area (Å²) in [6.45, 7) is 4.37. The Labute approximate surface area is 169 Å². The van der Waals surface area contributed by atoms with Crippen molar-refractivity contribution in [2.24, 2.45) is 0 Å². The molecule has 5 rings (SSSR count). The summed E-state index contributed by atoms with van der Waals surface area (Å²) in [5.74, 6) is 2.56. The molecule has 2 aromatic rings. The van der Waals surface area contributed by atoms with Crippen molar-refractivity contribution in [3.05, 3.63) is 35.5 Å². The predicted octanol–water partition coefficient (Wildman–Crippen LogP) is 3.28. The molecule has 3 aliphatic rings. The van der Waals surface area contributed by atoms with Gasteiger partial charge in [-0.25, -0.2) is 0 Å². The molecule has 6 heteroatoms. The molecule has 2 fully saturated rings. The largest absolute Gasteiger partial charge is 0.475 e. The van der Waals surface area contributed by atoms with E-state index < -0.39 is 10.8 Å². The van der Waals surface area contributed by atoms with Crippen LogP contribution in [-0.4, -0.2) is 56.4 Å². The summed E-state index contributed by atoms with van der Waals surface area (Å²) in [5.41, 5.74) is 3.60. The van der Waals surface area contributed by atoms with E-state index in [1.807, 2.05) is 12.3 Å². The van der Waals surface area contributed by atoms with Crippen LogP contribution in [0.4, 0.5) is 0 Å². The van der Waals surface area contributed by atoms with E-state index in [2.05, 4.69) is 26.9 Å². The number of rotatable bonds is 3. The molecule has 1 aromatic heterocycles. The molecular weight excluding hydrogens is 370 g/mol. The molecule has 1 saturated carbocycles. The van der Waals surface area contributed by atoms with Gasteiger partial charge in [0, 0.05) is 71.7 Å². The predicted molar refractivity (Wildman–Crippen MR) is 113 cm³/mol. The average molecular weight is 400 g/mol. The molecule has 0 bridgehead atoms. The SMILES string of the molecule is O=S1CCN(Cc2cc3c(c4ncccc24)OCN(C2CCCCC2)C3)CC1. The first kappa shape index (κ1) is 18.5. The van der Waals surface area contributed by atoms with Crippen LogP contribution in [0.25, 0.3) is 10.9 Å². The monoisotopic (exact) mass is 399 g/mol. The van der Waals surface area contributed by atoms with E-state index >= 15 is 0 Å². The second kappa shape index (κ2) is 8.09. The first-order valence-electron chi connectivity index (χ1n) is 10.6. The minimum absolute atomic E-state index is 0.636. The molecule has 0 spiro atoms. The number of fused-ring (bicyclic) bond motifs is 3. The maximum absolute atomic E-state index is 11.7. The second-order valence-electron chi connectivity index (χ2n) is 8.36. The van der Waals surface area contributed by atoms with Crippen LogP contribution in [-0.2, 0) is 23.9 Å². The van der Waals surface area contributed by atoms with E-state index in [0.717, 1.165) is 49.0 Å². The summed E-state index contributed by atoms with van der Waals surface area (Å²) in [5, 5.41) is 1.19. The van der Waals surface area contributed by atoms with Crippen molar-refractivity contribution in [2.75, 3.05) is 31.3 Å². The van der Waals surface area contributed by atoms with E-state index in [9.17, 15) is 4.21 Å². The summed E-state index contributed by atoms with van der Waals surface area (Å²) in [7, 11) is -0.636. The van der Waals surface area contributed by atoms with Crippen molar-refractivity contribution in [3.63, 3.8) is 0 Å². The van der Waals surface area contributed by atoms with Crippen LogP contribution in [0.15, 0.2) is 24.4 Å². The summed E-state index contributed by atoms with van der Waals surface area (Å²) < 4.78 is 18.0. The molecule has 5 nitrogen and oxygen atoms in total. The average Bonchev–Trinajstić information content (AvgIpc) is 2.76. The molecule has 0 unspecified atom stereocenters. The highest BCUT2D eigenvalue weighted by Crippen LogP contribution is 2.37. The molecule has 1 saturated heterocycles. The van der Waals surface area contributed by atoms with Gasteiger partial charge in [-0.15, -0.1) is 0 Å². The van der Waals surface area contributed by atoms with Gasteiger partial charge in [-0.05, 0) is 30.5 Å². The Morgan fingerprint density at radius 2 is 2.00 bits per heavy atom. The zero-order valence-corrected chi connectivity index (χ0v) is 17.3. The number of nitrogens with zero attached hydrogens (tertiary/aromatic N) is 3. The highest BCUT2D eigenvalue weighted by Gasteiger charge is 2.28. The smallest absolute Gasteiger partial charge is 0.152 e. The van der Waals surface area contributed by atoms with Crippen LogP contribution in [0, 0.1) is 0 Å². The standard InChI is InChI=1S/C22H29N3O2S/c26-28-11-9-24(10-12-28)14-17-13-18-15-25(19-5-2-1-3-6-19)16-27-22(18)21-20(17)7-4-8-23-21/h4,7-8,13,19H,1-3,5-6,9-12,14-16H2.